The Balaban J connectivity index is 1.54. The van der Waals surface area contributed by atoms with Crippen molar-refractivity contribution in [2.24, 2.45) is 0 Å². The first-order valence-electron chi connectivity index (χ1n) is 10.5. The Bertz CT molecular complexity index is 1570. The molecule has 148 valence electrons. The summed E-state index contributed by atoms with van der Waals surface area (Å²) in [5, 5.41) is 15.3. The molecule has 6 rings (SSSR count). The van der Waals surface area contributed by atoms with E-state index in [-0.39, 0.29) is 0 Å². The van der Waals surface area contributed by atoms with E-state index in [1.807, 2.05) is 18.2 Å². The van der Waals surface area contributed by atoms with Crippen LogP contribution in [-0.2, 0) is 6.54 Å². The number of benzene rings is 5. The molecule has 0 spiro atoms. The topological polar surface area (TPSA) is 25.2 Å². The molecule has 0 unspecified atom stereocenters. The van der Waals surface area contributed by atoms with Gasteiger partial charge in [-0.1, -0.05) is 78.9 Å². The lowest BCUT2D eigenvalue weighted by atomic mass is 10.0. The van der Waals surface area contributed by atoms with E-state index in [0.29, 0.717) is 5.75 Å². The van der Waals surface area contributed by atoms with Crippen LogP contribution >= 0.6 is 0 Å². The number of aromatic hydroxyl groups is 1. The van der Waals surface area contributed by atoms with Crippen molar-refractivity contribution in [2.75, 3.05) is 0 Å². The van der Waals surface area contributed by atoms with Crippen molar-refractivity contribution in [2.45, 2.75) is 6.54 Å². The second-order valence-corrected chi connectivity index (χ2v) is 8.03. The Morgan fingerprint density at radius 3 is 2.23 bits per heavy atom. The quantitative estimate of drug-likeness (QED) is 0.330. The van der Waals surface area contributed by atoms with Crippen molar-refractivity contribution in [3.05, 3.63) is 115 Å². The molecule has 5 aromatic carbocycles. The van der Waals surface area contributed by atoms with Crippen LogP contribution in [-0.4, -0.2) is 9.67 Å². The fraction of sp³-hybridized carbons (Fsp3) is 0.0345. The average molecular weight is 399 g/mol. The monoisotopic (exact) mass is 399 g/mol. The lowest BCUT2D eigenvalue weighted by Gasteiger charge is -2.10. The number of rotatable bonds is 3. The highest BCUT2D eigenvalue weighted by atomic mass is 16.3. The zero-order valence-corrected chi connectivity index (χ0v) is 17.0. The minimum Gasteiger partial charge on any atom is -0.507 e. The molecule has 0 saturated carbocycles. The highest BCUT2D eigenvalue weighted by molar-refractivity contribution is 6.09. The number of hydrogen-bond donors (Lipinski definition) is 1. The number of aromatic nitrogens is 1. The van der Waals surface area contributed by atoms with Crippen LogP contribution in [0.25, 0.3) is 43.7 Å². The first kappa shape index (κ1) is 17.8. The van der Waals surface area contributed by atoms with Gasteiger partial charge in [-0.15, -0.1) is 0 Å². The number of fused-ring (bicyclic) bond motifs is 4. The predicted octanol–water partition coefficient (Wildman–Crippen LogP) is 7.37. The minimum absolute atomic E-state index is 0.307. The van der Waals surface area contributed by atoms with Gasteiger partial charge >= 0.3 is 0 Å². The summed E-state index contributed by atoms with van der Waals surface area (Å²) in [6.45, 7) is 0.810. The van der Waals surface area contributed by atoms with Crippen molar-refractivity contribution in [1.29, 1.82) is 0 Å². The first-order chi connectivity index (χ1) is 15.3. The van der Waals surface area contributed by atoms with Crippen molar-refractivity contribution >= 4 is 32.6 Å². The molecule has 0 amide bonds. The summed E-state index contributed by atoms with van der Waals surface area (Å²) in [7, 11) is 0. The minimum atomic E-state index is 0.307. The van der Waals surface area contributed by atoms with Crippen molar-refractivity contribution in [3.63, 3.8) is 0 Å². The van der Waals surface area contributed by atoms with Gasteiger partial charge in [0, 0.05) is 33.9 Å². The molecule has 6 aromatic rings. The molecule has 2 heteroatoms. The second kappa shape index (κ2) is 7.03. The molecule has 1 N–H and O–H groups in total. The zero-order chi connectivity index (χ0) is 20.8. The molecule has 0 aliphatic carbocycles. The lowest BCUT2D eigenvalue weighted by molar-refractivity contribution is 0.477. The van der Waals surface area contributed by atoms with Crippen LogP contribution < -0.4 is 0 Å². The fourth-order valence-corrected chi connectivity index (χ4v) is 4.63. The molecule has 0 fully saturated rings. The molecular formula is C29H21NO. The Morgan fingerprint density at radius 2 is 1.32 bits per heavy atom. The molecule has 1 heterocycles. The molecule has 0 bridgehead atoms. The number of para-hydroxylation sites is 2. The van der Waals surface area contributed by atoms with Gasteiger partial charge in [0.05, 0.1) is 0 Å². The van der Waals surface area contributed by atoms with Gasteiger partial charge in [-0.3, -0.25) is 0 Å². The number of phenols is 1. The summed E-state index contributed by atoms with van der Waals surface area (Å²) in [6, 6.07) is 37.8. The summed E-state index contributed by atoms with van der Waals surface area (Å²) in [4.78, 5) is 0. The molecule has 0 saturated heterocycles. The maximum absolute atomic E-state index is 10.3. The van der Waals surface area contributed by atoms with Crippen LogP contribution in [0.4, 0.5) is 0 Å². The van der Waals surface area contributed by atoms with Gasteiger partial charge in [-0.2, -0.15) is 0 Å². The first-order valence-corrected chi connectivity index (χ1v) is 10.5. The third-order valence-electron chi connectivity index (χ3n) is 6.14. The van der Waals surface area contributed by atoms with Crippen LogP contribution in [0.2, 0.25) is 0 Å². The Hall–Kier alpha value is -4.04. The van der Waals surface area contributed by atoms with E-state index in [1.54, 1.807) is 6.07 Å². The Kier molecular flexibility index (Phi) is 4.03. The van der Waals surface area contributed by atoms with E-state index in [4.69, 9.17) is 0 Å². The van der Waals surface area contributed by atoms with Gasteiger partial charge in [0.1, 0.15) is 5.75 Å². The zero-order valence-electron chi connectivity index (χ0n) is 17.0. The second-order valence-electron chi connectivity index (χ2n) is 8.03. The van der Waals surface area contributed by atoms with Crippen molar-refractivity contribution in [3.8, 4) is 16.9 Å². The van der Waals surface area contributed by atoms with E-state index >= 15 is 0 Å². The van der Waals surface area contributed by atoms with Crippen LogP contribution in [0.15, 0.2) is 109 Å². The van der Waals surface area contributed by atoms with Crippen molar-refractivity contribution < 1.29 is 5.11 Å². The van der Waals surface area contributed by atoms with Gasteiger partial charge in [-0.05, 0) is 52.2 Å². The fourth-order valence-electron chi connectivity index (χ4n) is 4.63. The SMILES string of the molecule is Oc1ccccc1-c1ccc2c(c1)c1ccccc1n2Cc1ccc2ccccc2c1. The Labute approximate surface area is 180 Å². The Morgan fingerprint density at radius 1 is 0.581 bits per heavy atom. The summed E-state index contributed by atoms with van der Waals surface area (Å²) in [5.41, 5.74) is 5.59. The number of nitrogens with zero attached hydrogens (tertiary/aromatic N) is 1. The number of phenolic OH excluding ortho intramolecular Hbond substituents is 1. The third-order valence-corrected chi connectivity index (χ3v) is 6.14. The lowest BCUT2D eigenvalue weighted by Crippen LogP contribution is -1.99. The van der Waals surface area contributed by atoms with Gasteiger partial charge in [-0.25, -0.2) is 0 Å². The largest absolute Gasteiger partial charge is 0.507 e. The highest BCUT2D eigenvalue weighted by Gasteiger charge is 2.13. The van der Waals surface area contributed by atoms with Gasteiger partial charge in [0.25, 0.3) is 0 Å². The van der Waals surface area contributed by atoms with Gasteiger partial charge in [0.15, 0.2) is 0 Å². The average Bonchev–Trinajstić information content (AvgIpc) is 3.12. The van der Waals surface area contributed by atoms with Crippen LogP contribution in [0, 0.1) is 0 Å². The third kappa shape index (κ3) is 2.96. The van der Waals surface area contributed by atoms with E-state index in [1.165, 1.54) is 38.1 Å². The molecule has 2 nitrogen and oxygen atoms in total. The summed E-state index contributed by atoms with van der Waals surface area (Å²) < 4.78 is 2.39. The van der Waals surface area contributed by atoms with Crippen molar-refractivity contribution in [1.82, 2.24) is 4.57 Å². The molecular weight excluding hydrogens is 378 g/mol. The van der Waals surface area contributed by atoms with E-state index in [0.717, 1.165) is 17.7 Å². The maximum Gasteiger partial charge on any atom is 0.123 e. The molecule has 0 aliphatic rings. The van der Waals surface area contributed by atoms with Crippen LogP contribution in [0.5, 0.6) is 5.75 Å². The van der Waals surface area contributed by atoms with E-state index in [9.17, 15) is 5.11 Å². The van der Waals surface area contributed by atoms with Gasteiger partial charge in [0.2, 0.25) is 0 Å². The molecule has 0 atom stereocenters. The van der Waals surface area contributed by atoms with Crippen LogP contribution in [0.3, 0.4) is 0 Å². The molecule has 0 aliphatic heterocycles. The van der Waals surface area contributed by atoms with E-state index < -0.39 is 0 Å². The predicted molar refractivity (Wildman–Crippen MR) is 130 cm³/mol. The summed E-state index contributed by atoms with van der Waals surface area (Å²) >= 11 is 0. The summed E-state index contributed by atoms with van der Waals surface area (Å²) in [5.74, 6) is 0.307. The summed E-state index contributed by atoms with van der Waals surface area (Å²) in [6.07, 6.45) is 0. The molecule has 31 heavy (non-hydrogen) atoms. The smallest absolute Gasteiger partial charge is 0.123 e. The standard InChI is InChI=1S/C29H21NO/c31-29-12-6-4-9-24(29)23-15-16-28-26(18-23)25-10-3-5-11-27(25)30(28)19-20-13-14-21-7-1-2-8-22(21)17-20/h1-18,31H,19H2. The molecule has 1 aromatic heterocycles. The molecule has 0 radical (unpaired) electrons. The maximum atomic E-state index is 10.3. The normalized spacial score (nSPS) is 11.5. The number of hydrogen-bond acceptors (Lipinski definition) is 1. The van der Waals surface area contributed by atoms with Crippen LogP contribution in [0.1, 0.15) is 5.56 Å². The van der Waals surface area contributed by atoms with Gasteiger partial charge < -0.3 is 9.67 Å². The van der Waals surface area contributed by atoms with E-state index in [2.05, 4.69) is 89.5 Å². The highest BCUT2D eigenvalue weighted by Crippen LogP contribution is 2.35.